The topological polar surface area (TPSA) is 30.2 Å². The van der Waals surface area contributed by atoms with Gasteiger partial charge in [-0.3, -0.25) is 4.79 Å². The van der Waals surface area contributed by atoms with Crippen molar-refractivity contribution in [2.75, 3.05) is 0 Å². The van der Waals surface area contributed by atoms with E-state index in [1.807, 2.05) is 31.2 Å². The molecule has 0 saturated carbocycles. The molecule has 0 aliphatic carbocycles. The van der Waals surface area contributed by atoms with E-state index in [1.54, 1.807) is 12.1 Å². The number of aryl methyl sites for hydroxylation is 1. The molecule has 0 bridgehead atoms. The molecule has 90 valence electrons. The lowest BCUT2D eigenvalue weighted by molar-refractivity contribution is 0.101. The minimum absolute atomic E-state index is 0.0969. The van der Waals surface area contributed by atoms with Crippen molar-refractivity contribution in [1.29, 1.82) is 0 Å². The van der Waals surface area contributed by atoms with Crippen molar-refractivity contribution in [3.8, 4) is 0 Å². The largest absolute Gasteiger partial charge is 0.451 e. The van der Waals surface area contributed by atoms with Crippen molar-refractivity contribution in [3.63, 3.8) is 0 Å². The van der Waals surface area contributed by atoms with Crippen LogP contribution >= 0.6 is 22.9 Å². The molecule has 0 atom stereocenters. The molecular weight excluding hydrogens is 268 g/mol. The zero-order chi connectivity index (χ0) is 12.7. The molecule has 1 aromatic carbocycles. The van der Waals surface area contributed by atoms with Gasteiger partial charge in [0.25, 0.3) is 0 Å². The minimum Gasteiger partial charge on any atom is -0.451 e. The highest BCUT2D eigenvalue weighted by atomic mass is 35.5. The molecule has 0 amide bonds. The lowest BCUT2D eigenvalue weighted by Crippen LogP contribution is -1.95. The maximum absolute atomic E-state index is 12.2. The lowest BCUT2D eigenvalue weighted by atomic mass is 10.2. The van der Waals surface area contributed by atoms with E-state index in [2.05, 4.69) is 0 Å². The van der Waals surface area contributed by atoms with E-state index in [9.17, 15) is 4.79 Å². The summed E-state index contributed by atoms with van der Waals surface area (Å²) in [5, 5.41) is 1.37. The summed E-state index contributed by atoms with van der Waals surface area (Å²) in [6.45, 7) is 1.97. The summed E-state index contributed by atoms with van der Waals surface area (Å²) in [6, 6.07) is 10.9. The van der Waals surface area contributed by atoms with Gasteiger partial charge in [0.05, 0.1) is 9.90 Å². The van der Waals surface area contributed by atoms with Gasteiger partial charge >= 0.3 is 0 Å². The van der Waals surface area contributed by atoms with Crippen LogP contribution in [0.2, 0.25) is 5.02 Å². The van der Waals surface area contributed by atoms with Gasteiger partial charge in [0.15, 0.2) is 11.3 Å². The van der Waals surface area contributed by atoms with Crippen molar-refractivity contribution in [1.82, 2.24) is 0 Å². The van der Waals surface area contributed by atoms with Crippen LogP contribution in [0.1, 0.15) is 20.3 Å². The zero-order valence-corrected chi connectivity index (χ0v) is 11.1. The van der Waals surface area contributed by atoms with Crippen LogP contribution in [-0.4, -0.2) is 5.78 Å². The van der Waals surface area contributed by atoms with E-state index in [4.69, 9.17) is 16.0 Å². The Labute approximate surface area is 113 Å². The van der Waals surface area contributed by atoms with Crippen LogP contribution in [0.15, 0.2) is 40.8 Å². The second-order valence-corrected chi connectivity index (χ2v) is 5.70. The normalized spacial score (nSPS) is 11.0. The van der Waals surface area contributed by atoms with Crippen molar-refractivity contribution in [3.05, 3.63) is 56.9 Å². The Morgan fingerprint density at radius 1 is 1.28 bits per heavy atom. The third-order valence-corrected chi connectivity index (χ3v) is 3.98. The number of furan rings is 1. The van der Waals surface area contributed by atoms with Gasteiger partial charge < -0.3 is 4.42 Å². The molecule has 2 heterocycles. The SMILES string of the molecule is Cc1ccc(C(=O)c2cc3cccc(Cl)c3o2)s1. The standard InChI is InChI=1S/C14H9ClO2S/c1-8-5-6-12(18-8)13(16)11-7-9-3-2-4-10(15)14(9)17-11/h2-7H,1H3. The quantitative estimate of drug-likeness (QED) is 0.636. The second kappa shape index (κ2) is 4.26. The van der Waals surface area contributed by atoms with Crippen LogP contribution in [0.3, 0.4) is 0 Å². The van der Waals surface area contributed by atoms with E-state index in [0.29, 0.717) is 21.2 Å². The summed E-state index contributed by atoms with van der Waals surface area (Å²) in [6.07, 6.45) is 0. The number of para-hydroxylation sites is 1. The van der Waals surface area contributed by atoms with Gasteiger partial charge in [-0.05, 0) is 31.2 Å². The number of hydrogen-bond donors (Lipinski definition) is 0. The number of ketones is 1. The minimum atomic E-state index is -0.0969. The first-order valence-corrected chi connectivity index (χ1v) is 6.64. The molecule has 0 aliphatic rings. The Morgan fingerprint density at radius 3 is 2.78 bits per heavy atom. The maximum atomic E-state index is 12.2. The number of rotatable bonds is 2. The fraction of sp³-hybridized carbons (Fsp3) is 0.0714. The van der Waals surface area contributed by atoms with Crippen molar-refractivity contribution >= 4 is 39.7 Å². The molecule has 0 aliphatic heterocycles. The van der Waals surface area contributed by atoms with Crippen LogP contribution < -0.4 is 0 Å². The summed E-state index contributed by atoms with van der Waals surface area (Å²) in [4.78, 5) is 14.0. The third-order valence-electron chi connectivity index (χ3n) is 2.68. The number of fused-ring (bicyclic) bond motifs is 1. The highest BCUT2D eigenvalue weighted by Gasteiger charge is 2.17. The van der Waals surface area contributed by atoms with Gasteiger partial charge in [-0.1, -0.05) is 23.7 Å². The molecule has 3 aromatic rings. The van der Waals surface area contributed by atoms with E-state index in [0.717, 1.165) is 10.3 Å². The first-order valence-electron chi connectivity index (χ1n) is 5.44. The number of benzene rings is 1. The smallest absolute Gasteiger partial charge is 0.238 e. The molecular formula is C14H9ClO2S. The summed E-state index contributed by atoms with van der Waals surface area (Å²) in [5.41, 5.74) is 0.566. The monoisotopic (exact) mass is 276 g/mol. The van der Waals surface area contributed by atoms with Crippen molar-refractivity contribution in [2.24, 2.45) is 0 Å². The van der Waals surface area contributed by atoms with Crippen LogP contribution in [0.5, 0.6) is 0 Å². The molecule has 3 rings (SSSR count). The van der Waals surface area contributed by atoms with E-state index in [-0.39, 0.29) is 5.78 Å². The van der Waals surface area contributed by atoms with E-state index in [1.165, 1.54) is 11.3 Å². The third kappa shape index (κ3) is 1.85. The Morgan fingerprint density at radius 2 is 2.11 bits per heavy atom. The summed E-state index contributed by atoms with van der Waals surface area (Å²) in [7, 11) is 0. The molecule has 4 heteroatoms. The lowest BCUT2D eigenvalue weighted by Gasteiger charge is -1.92. The predicted molar refractivity (Wildman–Crippen MR) is 73.7 cm³/mol. The maximum Gasteiger partial charge on any atom is 0.238 e. The van der Waals surface area contributed by atoms with Gasteiger partial charge in [0.2, 0.25) is 5.78 Å². The molecule has 18 heavy (non-hydrogen) atoms. The second-order valence-electron chi connectivity index (χ2n) is 4.01. The highest BCUT2D eigenvalue weighted by Crippen LogP contribution is 2.28. The Balaban J connectivity index is 2.10. The first-order chi connectivity index (χ1) is 8.65. The van der Waals surface area contributed by atoms with Crippen molar-refractivity contribution in [2.45, 2.75) is 6.92 Å². The van der Waals surface area contributed by atoms with Gasteiger partial charge in [0.1, 0.15) is 0 Å². The van der Waals surface area contributed by atoms with Gasteiger partial charge in [-0.2, -0.15) is 0 Å². The number of thiophene rings is 1. The molecule has 0 radical (unpaired) electrons. The molecule has 2 aromatic heterocycles. The Hall–Kier alpha value is -1.58. The summed E-state index contributed by atoms with van der Waals surface area (Å²) < 4.78 is 5.55. The van der Waals surface area contributed by atoms with E-state index < -0.39 is 0 Å². The summed E-state index contributed by atoms with van der Waals surface area (Å²) in [5.74, 6) is 0.236. The fourth-order valence-corrected chi connectivity index (χ4v) is 2.85. The summed E-state index contributed by atoms with van der Waals surface area (Å²) >= 11 is 7.48. The van der Waals surface area contributed by atoms with Gasteiger partial charge in [-0.25, -0.2) is 0 Å². The fourth-order valence-electron chi connectivity index (χ4n) is 1.82. The van der Waals surface area contributed by atoms with Crippen LogP contribution in [-0.2, 0) is 0 Å². The van der Waals surface area contributed by atoms with Crippen LogP contribution in [0.25, 0.3) is 11.0 Å². The number of halogens is 1. The van der Waals surface area contributed by atoms with Gasteiger partial charge in [0, 0.05) is 10.3 Å². The Bertz CT molecular complexity index is 739. The van der Waals surface area contributed by atoms with Crippen molar-refractivity contribution < 1.29 is 9.21 Å². The average Bonchev–Trinajstić information content (AvgIpc) is 2.95. The molecule has 0 spiro atoms. The van der Waals surface area contributed by atoms with E-state index >= 15 is 0 Å². The van der Waals surface area contributed by atoms with Crippen LogP contribution in [0.4, 0.5) is 0 Å². The first kappa shape index (κ1) is 11.5. The predicted octanol–water partition coefficient (Wildman–Crippen LogP) is 4.69. The molecule has 2 nitrogen and oxygen atoms in total. The Kier molecular flexibility index (Phi) is 2.73. The van der Waals surface area contributed by atoms with Gasteiger partial charge in [-0.15, -0.1) is 11.3 Å². The molecule has 0 unspecified atom stereocenters. The molecule has 0 saturated heterocycles. The average molecular weight is 277 g/mol. The van der Waals surface area contributed by atoms with Crippen LogP contribution in [0, 0.1) is 6.92 Å². The number of hydrogen-bond acceptors (Lipinski definition) is 3. The molecule has 0 fully saturated rings. The highest BCUT2D eigenvalue weighted by molar-refractivity contribution is 7.14. The number of carbonyl (C=O) groups is 1. The number of carbonyl (C=O) groups excluding carboxylic acids is 1. The molecule has 0 N–H and O–H groups in total. The zero-order valence-electron chi connectivity index (χ0n) is 9.57.